The maximum Gasteiger partial charge on any atom is 0.176 e. The number of likely N-dealkylation sites (tertiary alicyclic amines) is 1. The average Bonchev–Trinajstić information content (AvgIpc) is 2.77. The number of rotatable bonds is 4. The van der Waals surface area contributed by atoms with E-state index in [1.54, 1.807) is 6.07 Å². The van der Waals surface area contributed by atoms with Gasteiger partial charge in [0.05, 0.1) is 9.79 Å². The van der Waals surface area contributed by atoms with Crippen molar-refractivity contribution in [2.75, 3.05) is 32.6 Å². The molecule has 6 nitrogen and oxygen atoms in total. The summed E-state index contributed by atoms with van der Waals surface area (Å²) in [6.07, 6.45) is 2.89. The highest BCUT2D eigenvalue weighted by molar-refractivity contribution is 7.93. The van der Waals surface area contributed by atoms with Crippen molar-refractivity contribution in [3.05, 3.63) is 23.8 Å². The van der Waals surface area contributed by atoms with Gasteiger partial charge in [-0.25, -0.2) is 16.8 Å². The molecule has 0 spiro atoms. The highest BCUT2D eigenvalue weighted by atomic mass is 32.2. The Balaban J connectivity index is 2.54. The summed E-state index contributed by atoms with van der Waals surface area (Å²) in [7, 11) is -5.26. The van der Waals surface area contributed by atoms with Crippen LogP contribution in [0.25, 0.3) is 0 Å². The standard InChI is InChI=1S/C14H22N2O4S2/c1-16-9-10(8-15)6-12(16)11-4-5-13(21(2,17)18)14(7-11)22(3,19)20/h4-5,7,10,12H,6,8-9,15H2,1-3H3. The van der Waals surface area contributed by atoms with E-state index >= 15 is 0 Å². The van der Waals surface area contributed by atoms with E-state index in [0.29, 0.717) is 12.5 Å². The Kier molecular flexibility index (Phi) is 4.68. The average molecular weight is 346 g/mol. The summed E-state index contributed by atoms with van der Waals surface area (Å²) in [4.78, 5) is 1.85. The molecule has 2 atom stereocenters. The fraction of sp³-hybridized carbons (Fsp3) is 0.571. The quantitative estimate of drug-likeness (QED) is 0.850. The molecular weight excluding hydrogens is 324 g/mol. The summed E-state index contributed by atoms with van der Waals surface area (Å²) in [6, 6.07) is 4.64. The molecule has 0 amide bonds. The molecule has 1 aromatic carbocycles. The van der Waals surface area contributed by atoms with Crippen LogP contribution in [0, 0.1) is 5.92 Å². The first kappa shape index (κ1) is 17.4. The molecule has 1 aliphatic rings. The normalized spacial score (nSPS) is 23.8. The van der Waals surface area contributed by atoms with Gasteiger partial charge in [0, 0.05) is 25.1 Å². The summed E-state index contributed by atoms with van der Waals surface area (Å²) >= 11 is 0. The van der Waals surface area contributed by atoms with E-state index in [0.717, 1.165) is 31.0 Å². The first-order valence-corrected chi connectivity index (χ1v) is 10.8. The monoisotopic (exact) mass is 346 g/mol. The molecule has 1 saturated heterocycles. The lowest BCUT2D eigenvalue weighted by atomic mass is 10.00. The lowest BCUT2D eigenvalue weighted by Crippen LogP contribution is -2.21. The van der Waals surface area contributed by atoms with Crippen molar-refractivity contribution < 1.29 is 16.8 Å². The summed E-state index contributed by atoms with van der Waals surface area (Å²) in [5, 5.41) is 0. The zero-order valence-corrected chi connectivity index (χ0v) is 14.6. The van der Waals surface area contributed by atoms with Crippen molar-refractivity contribution in [2.24, 2.45) is 11.7 Å². The van der Waals surface area contributed by atoms with Crippen LogP contribution in [0.4, 0.5) is 0 Å². The number of hydrogen-bond acceptors (Lipinski definition) is 6. The molecule has 0 aromatic heterocycles. The molecule has 0 saturated carbocycles. The number of sulfone groups is 2. The van der Waals surface area contributed by atoms with Crippen molar-refractivity contribution in [1.29, 1.82) is 0 Å². The Morgan fingerprint density at radius 3 is 2.18 bits per heavy atom. The lowest BCUT2D eigenvalue weighted by Gasteiger charge is -2.21. The van der Waals surface area contributed by atoms with Crippen LogP contribution in [0.5, 0.6) is 0 Å². The van der Waals surface area contributed by atoms with Crippen molar-refractivity contribution >= 4 is 19.7 Å². The van der Waals surface area contributed by atoms with Gasteiger partial charge in [0.2, 0.25) is 0 Å². The third-order valence-electron chi connectivity index (χ3n) is 4.12. The summed E-state index contributed by atoms with van der Waals surface area (Å²) in [5.41, 5.74) is 6.53. The molecule has 0 bridgehead atoms. The Hall–Kier alpha value is -0.960. The molecular formula is C14H22N2O4S2. The van der Waals surface area contributed by atoms with Crippen LogP contribution in [0.1, 0.15) is 18.0 Å². The van der Waals surface area contributed by atoms with Crippen LogP contribution in [0.3, 0.4) is 0 Å². The molecule has 2 unspecified atom stereocenters. The van der Waals surface area contributed by atoms with Crippen LogP contribution in [0.15, 0.2) is 28.0 Å². The van der Waals surface area contributed by atoms with Gasteiger partial charge in [0.1, 0.15) is 0 Å². The molecule has 0 radical (unpaired) electrons. The van der Waals surface area contributed by atoms with E-state index in [-0.39, 0.29) is 15.8 Å². The van der Waals surface area contributed by atoms with Crippen molar-refractivity contribution in [1.82, 2.24) is 4.90 Å². The molecule has 2 rings (SSSR count). The number of nitrogens with two attached hydrogens (primary N) is 1. The van der Waals surface area contributed by atoms with Crippen LogP contribution in [0.2, 0.25) is 0 Å². The summed E-state index contributed by atoms with van der Waals surface area (Å²) in [6.45, 7) is 1.43. The van der Waals surface area contributed by atoms with E-state index in [2.05, 4.69) is 4.90 Å². The van der Waals surface area contributed by atoms with Gasteiger partial charge in [-0.1, -0.05) is 6.07 Å². The molecule has 0 aliphatic carbocycles. The number of hydrogen-bond donors (Lipinski definition) is 1. The number of nitrogens with zero attached hydrogens (tertiary/aromatic N) is 1. The molecule has 1 aliphatic heterocycles. The Morgan fingerprint density at radius 1 is 1.14 bits per heavy atom. The first-order valence-electron chi connectivity index (χ1n) is 6.98. The maximum atomic E-state index is 12.0. The topological polar surface area (TPSA) is 97.5 Å². The van der Waals surface area contributed by atoms with Crippen molar-refractivity contribution in [2.45, 2.75) is 22.3 Å². The van der Waals surface area contributed by atoms with Gasteiger partial charge in [0.15, 0.2) is 19.7 Å². The van der Waals surface area contributed by atoms with Crippen molar-refractivity contribution in [3.8, 4) is 0 Å². The predicted octanol–water partition coefficient (Wildman–Crippen LogP) is 0.445. The van der Waals surface area contributed by atoms with Crippen LogP contribution in [-0.4, -0.2) is 54.4 Å². The zero-order chi connectivity index (χ0) is 16.7. The van der Waals surface area contributed by atoms with Gasteiger partial charge >= 0.3 is 0 Å². The Morgan fingerprint density at radius 2 is 1.73 bits per heavy atom. The van der Waals surface area contributed by atoms with Gasteiger partial charge in [-0.15, -0.1) is 0 Å². The summed E-state index contributed by atoms with van der Waals surface area (Å²) in [5.74, 6) is 0.367. The van der Waals surface area contributed by atoms with E-state index < -0.39 is 19.7 Å². The largest absolute Gasteiger partial charge is 0.330 e. The van der Waals surface area contributed by atoms with E-state index in [4.69, 9.17) is 5.73 Å². The predicted molar refractivity (Wildman–Crippen MR) is 85.2 cm³/mol. The SMILES string of the molecule is CN1CC(CN)CC1c1ccc(S(C)(=O)=O)c(S(C)(=O)=O)c1. The van der Waals surface area contributed by atoms with E-state index in [9.17, 15) is 16.8 Å². The minimum absolute atomic E-state index is 0.0580. The number of benzene rings is 1. The molecule has 1 fully saturated rings. The van der Waals surface area contributed by atoms with Crippen LogP contribution in [-0.2, 0) is 19.7 Å². The molecule has 2 N–H and O–H groups in total. The fourth-order valence-electron chi connectivity index (χ4n) is 2.99. The van der Waals surface area contributed by atoms with Gasteiger partial charge < -0.3 is 5.73 Å². The summed E-state index contributed by atoms with van der Waals surface area (Å²) < 4.78 is 47.6. The first-order chi connectivity index (χ1) is 10.0. The minimum Gasteiger partial charge on any atom is -0.330 e. The second kappa shape index (κ2) is 5.92. The second-order valence-corrected chi connectivity index (χ2v) is 10.0. The van der Waals surface area contributed by atoms with Gasteiger partial charge in [0.25, 0.3) is 0 Å². The highest BCUT2D eigenvalue weighted by Gasteiger charge is 2.31. The highest BCUT2D eigenvalue weighted by Crippen LogP contribution is 2.35. The van der Waals surface area contributed by atoms with Gasteiger partial charge in [-0.05, 0) is 43.6 Å². The lowest BCUT2D eigenvalue weighted by molar-refractivity contribution is 0.313. The second-order valence-electron chi connectivity index (χ2n) is 6.04. The van der Waals surface area contributed by atoms with Crippen LogP contribution >= 0.6 is 0 Å². The Bertz CT molecular complexity index is 772. The van der Waals surface area contributed by atoms with Gasteiger partial charge in [-0.2, -0.15) is 0 Å². The third-order valence-corrected chi connectivity index (χ3v) is 6.54. The molecule has 124 valence electrons. The zero-order valence-electron chi connectivity index (χ0n) is 13.0. The molecule has 1 aromatic rings. The van der Waals surface area contributed by atoms with Gasteiger partial charge in [-0.3, -0.25) is 4.90 Å². The van der Waals surface area contributed by atoms with E-state index in [1.807, 2.05) is 7.05 Å². The molecule has 8 heteroatoms. The van der Waals surface area contributed by atoms with E-state index in [1.165, 1.54) is 12.1 Å². The minimum atomic E-state index is -3.63. The maximum absolute atomic E-state index is 12.0. The molecule has 1 heterocycles. The van der Waals surface area contributed by atoms with Crippen molar-refractivity contribution in [3.63, 3.8) is 0 Å². The fourth-order valence-corrected chi connectivity index (χ4v) is 5.43. The third kappa shape index (κ3) is 3.51. The molecule has 22 heavy (non-hydrogen) atoms. The Labute approximate surface area is 132 Å². The smallest absolute Gasteiger partial charge is 0.176 e. The van der Waals surface area contributed by atoms with Crippen LogP contribution < -0.4 is 5.73 Å².